The van der Waals surface area contributed by atoms with E-state index in [0.29, 0.717) is 12.5 Å². The van der Waals surface area contributed by atoms with Crippen LogP contribution < -0.4 is 11.1 Å². The fourth-order valence-electron chi connectivity index (χ4n) is 2.39. The fraction of sp³-hybridized carbons (Fsp3) is 0.933. The molecule has 0 fully saturated rings. The highest BCUT2D eigenvalue weighted by Gasteiger charge is 2.23. The van der Waals surface area contributed by atoms with Crippen molar-refractivity contribution in [2.75, 3.05) is 13.1 Å². The Morgan fingerprint density at radius 2 is 1.85 bits per heavy atom. The Kier molecular flexibility index (Phi) is 8.13. The highest BCUT2D eigenvalue weighted by molar-refractivity contribution is 5.85. The molecule has 5 N–H and O–H groups in total. The van der Waals surface area contributed by atoms with Gasteiger partial charge in [-0.1, -0.05) is 39.3 Å². The van der Waals surface area contributed by atoms with Gasteiger partial charge < -0.3 is 21.4 Å². The number of nitrogens with one attached hydrogen (secondary N) is 1. The number of amidine groups is 1. The van der Waals surface area contributed by atoms with Gasteiger partial charge in [-0.15, -0.1) is 0 Å². The molecule has 0 spiro atoms. The van der Waals surface area contributed by atoms with E-state index in [1.54, 1.807) is 0 Å². The molecular weight excluding hydrogens is 254 g/mol. The van der Waals surface area contributed by atoms with Crippen molar-refractivity contribution in [2.45, 2.75) is 65.9 Å². The molecule has 0 aromatic carbocycles. The minimum Gasteiger partial charge on any atom is -0.409 e. The van der Waals surface area contributed by atoms with Crippen molar-refractivity contribution >= 4 is 5.84 Å². The minimum absolute atomic E-state index is 0.266. The van der Waals surface area contributed by atoms with Gasteiger partial charge in [-0.3, -0.25) is 0 Å². The first-order valence-corrected chi connectivity index (χ1v) is 7.52. The SMILES string of the molecule is CC(C)CC(C)(O)CNCCCCC(C)(C)C(N)=NO. The van der Waals surface area contributed by atoms with Gasteiger partial charge >= 0.3 is 0 Å². The van der Waals surface area contributed by atoms with Gasteiger partial charge in [0.2, 0.25) is 0 Å². The maximum atomic E-state index is 10.2. The zero-order valence-corrected chi connectivity index (χ0v) is 13.7. The van der Waals surface area contributed by atoms with E-state index in [1.165, 1.54) is 0 Å². The van der Waals surface area contributed by atoms with Crippen LogP contribution in [0.15, 0.2) is 5.16 Å². The van der Waals surface area contributed by atoms with Crippen molar-refractivity contribution in [3.8, 4) is 0 Å². The van der Waals surface area contributed by atoms with E-state index < -0.39 is 5.60 Å². The molecular formula is C15H33N3O2. The lowest BCUT2D eigenvalue weighted by molar-refractivity contribution is 0.0387. The van der Waals surface area contributed by atoms with Crippen molar-refractivity contribution in [1.29, 1.82) is 0 Å². The summed E-state index contributed by atoms with van der Waals surface area (Å²) in [5.41, 5.74) is 4.74. The third-order valence-electron chi connectivity index (χ3n) is 3.56. The normalized spacial score (nSPS) is 16.4. The predicted molar refractivity (Wildman–Crippen MR) is 84.0 cm³/mol. The van der Waals surface area contributed by atoms with Gasteiger partial charge in [0.1, 0.15) is 5.84 Å². The lowest BCUT2D eigenvalue weighted by Crippen LogP contribution is -2.39. The van der Waals surface area contributed by atoms with Crippen LogP contribution >= 0.6 is 0 Å². The van der Waals surface area contributed by atoms with Crippen LogP contribution in [0.3, 0.4) is 0 Å². The molecule has 5 nitrogen and oxygen atoms in total. The number of rotatable bonds is 10. The molecule has 0 bridgehead atoms. The molecule has 0 aromatic rings. The molecule has 20 heavy (non-hydrogen) atoms. The monoisotopic (exact) mass is 287 g/mol. The Labute approximate surface area is 123 Å². The predicted octanol–water partition coefficient (Wildman–Crippen LogP) is 2.32. The van der Waals surface area contributed by atoms with E-state index >= 15 is 0 Å². The summed E-state index contributed by atoms with van der Waals surface area (Å²) in [7, 11) is 0. The van der Waals surface area contributed by atoms with Crippen LogP contribution in [0.25, 0.3) is 0 Å². The molecule has 1 atom stereocenters. The molecule has 0 aliphatic heterocycles. The second-order valence-electron chi connectivity index (χ2n) is 7.10. The molecule has 0 radical (unpaired) electrons. The molecule has 0 rings (SSSR count). The first-order valence-electron chi connectivity index (χ1n) is 7.52. The van der Waals surface area contributed by atoms with Crippen LogP contribution in [0.5, 0.6) is 0 Å². The summed E-state index contributed by atoms with van der Waals surface area (Å²) in [6.07, 6.45) is 3.70. The van der Waals surface area contributed by atoms with Crippen LogP contribution in [0.2, 0.25) is 0 Å². The van der Waals surface area contributed by atoms with E-state index in [2.05, 4.69) is 24.3 Å². The van der Waals surface area contributed by atoms with E-state index in [-0.39, 0.29) is 11.3 Å². The number of oxime groups is 1. The molecule has 0 aliphatic rings. The van der Waals surface area contributed by atoms with Gasteiger partial charge in [0.15, 0.2) is 0 Å². The van der Waals surface area contributed by atoms with Crippen LogP contribution in [0.1, 0.15) is 60.3 Å². The Morgan fingerprint density at radius 3 is 2.35 bits per heavy atom. The van der Waals surface area contributed by atoms with Gasteiger partial charge in [-0.05, 0) is 38.6 Å². The molecule has 5 heteroatoms. The summed E-state index contributed by atoms with van der Waals surface area (Å²) in [4.78, 5) is 0. The van der Waals surface area contributed by atoms with Crippen molar-refractivity contribution in [3.05, 3.63) is 0 Å². The van der Waals surface area contributed by atoms with Gasteiger partial charge in [0.05, 0.1) is 5.60 Å². The van der Waals surface area contributed by atoms with Crippen molar-refractivity contribution in [2.24, 2.45) is 22.2 Å². The lowest BCUT2D eigenvalue weighted by Gasteiger charge is -2.26. The molecule has 0 heterocycles. The highest BCUT2D eigenvalue weighted by Crippen LogP contribution is 2.23. The Morgan fingerprint density at radius 1 is 1.25 bits per heavy atom. The maximum Gasteiger partial charge on any atom is 0.144 e. The average Bonchev–Trinajstić information content (AvgIpc) is 2.30. The number of hydrogen-bond donors (Lipinski definition) is 4. The fourth-order valence-corrected chi connectivity index (χ4v) is 2.39. The largest absolute Gasteiger partial charge is 0.409 e. The van der Waals surface area contributed by atoms with Crippen molar-refractivity contribution < 1.29 is 10.3 Å². The summed E-state index contributed by atoms with van der Waals surface area (Å²) in [5.74, 6) is 0.777. The van der Waals surface area contributed by atoms with Gasteiger partial charge in [0, 0.05) is 12.0 Å². The Bertz CT molecular complexity index is 299. The standard InChI is InChI=1S/C15H33N3O2/c1-12(2)10-15(5,19)11-17-9-7-6-8-14(3,4)13(16)18-20/h12,17,19-20H,6-11H2,1-5H3,(H2,16,18). The zero-order valence-electron chi connectivity index (χ0n) is 13.7. The van der Waals surface area contributed by atoms with Crippen molar-refractivity contribution in [3.63, 3.8) is 0 Å². The first kappa shape index (κ1) is 19.2. The van der Waals surface area contributed by atoms with Gasteiger partial charge in [0.25, 0.3) is 0 Å². The van der Waals surface area contributed by atoms with Crippen LogP contribution in [-0.4, -0.2) is 34.8 Å². The lowest BCUT2D eigenvalue weighted by atomic mass is 9.86. The van der Waals surface area contributed by atoms with Crippen LogP contribution in [0, 0.1) is 11.3 Å². The van der Waals surface area contributed by atoms with Crippen LogP contribution in [-0.2, 0) is 0 Å². The molecule has 0 saturated carbocycles. The zero-order chi connectivity index (χ0) is 15.8. The quantitative estimate of drug-likeness (QED) is 0.163. The number of hydrogen-bond acceptors (Lipinski definition) is 4. The smallest absolute Gasteiger partial charge is 0.144 e. The van der Waals surface area contributed by atoms with E-state index in [0.717, 1.165) is 32.2 Å². The molecule has 120 valence electrons. The van der Waals surface area contributed by atoms with Gasteiger partial charge in [-0.25, -0.2) is 0 Å². The summed E-state index contributed by atoms with van der Waals surface area (Å²) in [5, 5.41) is 25.2. The average molecular weight is 287 g/mol. The Balaban J connectivity index is 3.78. The van der Waals surface area contributed by atoms with E-state index in [4.69, 9.17) is 10.9 Å². The molecule has 0 amide bonds. The van der Waals surface area contributed by atoms with Crippen LogP contribution in [0.4, 0.5) is 0 Å². The third-order valence-corrected chi connectivity index (χ3v) is 3.56. The second-order valence-corrected chi connectivity index (χ2v) is 7.10. The molecule has 0 aliphatic carbocycles. The van der Waals surface area contributed by atoms with E-state index in [9.17, 15) is 5.11 Å². The number of unbranched alkanes of at least 4 members (excludes halogenated alkanes) is 1. The second kappa shape index (κ2) is 8.47. The van der Waals surface area contributed by atoms with E-state index in [1.807, 2.05) is 20.8 Å². The summed E-state index contributed by atoms with van der Waals surface area (Å²) >= 11 is 0. The molecule has 0 saturated heterocycles. The minimum atomic E-state index is -0.637. The molecule has 1 unspecified atom stereocenters. The third kappa shape index (κ3) is 8.38. The summed E-state index contributed by atoms with van der Waals surface area (Å²) < 4.78 is 0. The molecule has 0 aromatic heterocycles. The van der Waals surface area contributed by atoms with Gasteiger partial charge in [-0.2, -0.15) is 0 Å². The summed E-state index contributed by atoms with van der Waals surface area (Å²) in [6.45, 7) is 11.6. The number of nitrogens with zero attached hydrogens (tertiary/aromatic N) is 1. The van der Waals surface area contributed by atoms with Crippen molar-refractivity contribution in [1.82, 2.24) is 5.32 Å². The maximum absolute atomic E-state index is 10.2. The first-order chi connectivity index (χ1) is 9.10. The number of aliphatic hydroxyl groups is 1. The number of nitrogens with two attached hydrogens (primary N) is 1. The highest BCUT2D eigenvalue weighted by atomic mass is 16.4. The topological polar surface area (TPSA) is 90.9 Å². The summed E-state index contributed by atoms with van der Waals surface area (Å²) in [6, 6.07) is 0. The Hall–Kier alpha value is -0.810.